The molecule has 1 aliphatic heterocycles. The molecule has 1 saturated heterocycles. The predicted molar refractivity (Wildman–Crippen MR) is 123 cm³/mol. The number of benzene rings is 3. The third-order valence-electron chi connectivity index (χ3n) is 4.61. The topological polar surface area (TPSA) is 58.6 Å². The summed E-state index contributed by atoms with van der Waals surface area (Å²) in [5, 5.41) is 3.26. The van der Waals surface area contributed by atoms with Crippen LogP contribution in [0, 0.1) is 5.82 Å². The number of urea groups is 1. The first-order chi connectivity index (χ1) is 15.3. The van der Waals surface area contributed by atoms with Crippen LogP contribution in [0.4, 0.5) is 14.9 Å². The zero-order chi connectivity index (χ0) is 22.8. The second-order valence-electron chi connectivity index (χ2n) is 6.80. The van der Waals surface area contributed by atoms with Gasteiger partial charge in [0.05, 0.1) is 15.7 Å². The zero-order valence-corrected chi connectivity index (χ0v) is 18.5. The molecule has 3 aromatic carbocycles. The number of hydrogen-bond donors (Lipinski definition) is 1. The largest absolute Gasteiger partial charge is 0.486 e. The molecule has 0 aliphatic carbocycles. The van der Waals surface area contributed by atoms with Crippen molar-refractivity contribution in [2.75, 3.05) is 4.90 Å². The van der Waals surface area contributed by atoms with Crippen LogP contribution < -0.4 is 15.0 Å². The maximum Gasteiger partial charge on any atom is 0.333 e. The van der Waals surface area contributed by atoms with Crippen LogP contribution in [-0.2, 0) is 11.4 Å². The molecule has 0 unspecified atom stereocenters. The highest BCUT2D eigenvalue weighted by molar-refractivity contribution is 6.37. The minimum absolute atomic E-state index is 0.0436. The molecule has 32 heavy (non-hydrogen) atoms. The standard InChI is InChI=1S/C23H14Cl3FN2O3/c24-15-5-3-6-16(11-15)29-22(30)20(28-23(29)31)10-13-8-17(25)21(18(26)9-13)32-12-14-4-1-2-7-19(14)27/h1-11H,12H2,(H,28,31)/b20-10+. The predicted octanol–water partition coefficient (Wildman–Crippen LogP) is 6.46. The highest BCUT2D eigenvalue weighted by atomic mass is 35.5. The normalized spacial score (nSPS) is 14.8. The Labute approximate surface area is 197 Å². The van der Waals surface area contributed by atoms with Crippen molar-refractivity contribution in [3.05, 3.63) is 98.4 Å². The van der Waals surface area contributed by atoms with Gasteiger partial charge in [-0.15, -0.1) is 0 Å². The SMILES string of the molecule is O=C1N/C(=C/c2cc(Cl)c(OCc3ccccc3F)c(Cl)c2)C(=O)N1c1cccc(Cl)c1. The summed E-state index contributed by atoms with van der Waals surface area (Å²) in [6.45, 7) is -0.0598. The first kappa shape index (κ1) is 22.1. The summed E-state index contributed by atoms with van der Waals surface area (Å²) in [6, 6.07) is 15.0. The number of carbonyl (C=O) groups is 2. The molecule has 1 heterocycles. The molecule has 0 atom stereocenters. The number of ether oxygens (including phenoxy) is 1. The summed E-state index contributed by atoms with van der Waals surface area (Å²) in [4.78, 5) is 26.1. The van der Waals surface area contributed by atoms with Gasteiger partial charge < -0.3 is 10.1 Å². The Morgan fingerprint density at radius 3 is 2.38 bits per heavy atom. The van der Waals surface area contributed by atoms with E-state index in [-0.39, 0.29) is 28.1 Å². The van der Waals surface area contributed by atoms with E-state index in [1.807, 2.05) is 0 Å². The number of amides is 3. The Morgan fingerprint density at radius 2 is 1.69 bits per heavy atom. The quantitative estimate of drug-likeness (QED) is 0.329. The minimum atomic E-state index is -0.606. The van der Waals surface area contributed by atoms with E-state index in [2.05, 4.69) is 5.32 Å². The van der Waals surface area contributed by atoms with Crippen molar-refractivity contribution in [3.63, 3.8) is 0 Å². The smallest absolute Gasteiger partial charge is 0.333 e. The second-order valence-corrected chi connectivity index (χ2v) is 8.05. The maximum atomic E-state index is 13.8. The maximum absolute atomic E-state index is 13.8. The van der Waals surface area contributed by atoms with E-state index in [1.54, 1.807) is 36.4 Å². The van der Waals surface area contributed by atoms with Crippen LogP contribution in [0.1, 0.15) is 11.1 Å². The fourth-order valence-electron chi connectivity index (χ4n) is 3.12. The lowest BCUT2D eigenvalue weighted by Crippen LogP contribution is -2.30. The molecule has 9 heteroatoms. The van der Waals surface area contributed by atoms with Crippen molar-refractivity contribution in [2.24, 2.45) is 0 Å². The summed E-state index contributed by atoms with van der Waals surface area (Å²) < 4.78 is 19.4. The summed E-state index contributed by atoms with van der Waals surface area (Å²) in [7, 11) is 0. The van der Waals surface area contributed by atoms with Gasteiger partial charge in [0.1, 0.15) is 18.1 Å². The summed E-state index contributed by atoms with van der Waals surface area (Å²) >= 11 is 18.6. The zero-order valence-electron chi connectivity index (χ0n) is 16.2. The Bertz CT molecular complexity index is 1240. The van der Waals surface area contributed by atoms with Crippen LogP contribution in [0.3, 0.4) is 0 Å². The summed E-state index contributed by atoms with van der Waals surface area (Å²) in [5.74, 6) is -0.772. The third kappa shape index (κ3) is 4.58. The second kappa shape index (κ2) is 9.20. The van der Waals surface area contributed by atoms with Gasteiger partial charge >= 0.3 is 6.03 Å². The number of anilines is 1. The number of nitrogens with zero attached hydrogens (tertiary/aromatic N) is 1. The lowest BCUT2D eigenvalue weighted by molar-refractivity contribution is -0.113. The highest BCUT2D eigenvalue weighted by Gasteiger charge is 2.35. The van der Waals surface area contributed by atoms with Crippen molar-refractivity contribution in [2.45, 2.75) is 6.61 Å². The molecule has 3 aromatic rings. The molecule has 1 N–H and O–H groups in total. The van der Waals surface area contributed by atoms with Gasteiger partial charge in [-0.1, -0.05) is 59.1 Å². The first-order valence-corrected chi connectivity index (χ1v) is 10.4. The first-order valence-electron chi connectivity index (χ1n) is 9.31. The molecule has 5 nitrogen and oxygen atoms in total. The molecule has 0 spiro atoms. The average Bonchev–Trinajstić information content (AvgIpc) is 3.01. The van der Waals surface area contributed by atoms with Gasteiger partial charge in [0.2, 0.25) is 0 Å². The number of nitrogens with one attached hydrogen (secondary N) is 1. The van der Waals surface area contributed by atoms with E-state index in [0.29, 0.717) is 21.8 Å². The van der Waals surface area contributed by atoms with Gasteiger partial charge in [-0.25, -0.2) is 14.1 Å². The Hall–Kier alpha value is -3.06. The fraction of sp³-hybridized carbons (Fsp3) is 0.0435. The molecule has 0 radical (unpaired) electrons. The van der Waals surface area contributed by atoms with Gasteiger partial charge in [-0.2, -0.15) is 0 Å². The molecule has 1 aliphatic rings. The molecule has 162 valence electrons. The van der Waals surface area contributed by atoms with Gasteiger partial charge in [0.15, 0.2) is 5.75 Å². The highest BCUT2D eigenvalue weighted by Crippen LogP contribution is 2.36. The number of hydrogen-bond acceptors (Lipinski definition) is 3. The van der Waals surface area contributed by atoms with Crippen molar-refractivity contribution in [3.8, 4) is 5.75 Å². The van der Waals surface area contributed by atoms with E-state index in [9.17, 15) is 14.0 Å². The van der Waals surface area contributed by atoms with Gasteiger partial charge in [-0.3, -0.25) is 4.79 Å². The van der Waals surface area contributed by atoms with Crippen molar-refractivity contribution >= 4 is 58.5 Å². The molecule has 0 saturated carbocycles. The molecule has 0 bridgehead atoms. The molecule has 1 fully saturated rings. The lowest BCUT2D eigenvalue weighted by atomic mass is 10.1. The van der Waals surface area contributed by atoms with Crippen LogP contribution in [0.2, 0.25) is 15.1 Å². The van der Waals surface area contributed by atoms with E-state index >= 15 is 0 Å². The van der Waals surface area contributed by atoms with Crippen LogP contribution in [-0.4, -0.2) is 11.9 Å². The molecular formula is C23H14Cl3FN2O3. The summed E-state index contributed by atoms with van der Waals surface area (Å²) in [5.41, 5.74) is 1.21. The fourth-order valence-corrected chi connectivity index (χ4v) is 3.92. The molecule has 3 amide bonds. The third-order valence-corrected chi connectivity index (χ3v) is 5.40. The summed E-state index contributed by atoms with van der Waals surface area (Å²) in [6.07, 6.45) is 1.45. The van der Waals surface area contributed by atoms with Crippen LogP contribution >= 0.6 is 34.8 Å². The van der Waals surface area contributed by atoms with E-state index in [1.165, 1.54) is 30.3 Å². The van der Waals surface area contributed by atoms with Crippen LogP contribution in [0.25, 0.3) is 6.08 Å². The minimum Gasteiger partial charge on any atom is -0.486 e. The lowest BCUT2D eigenvalue weighted by Gasteiger charge is -2.12. The van der Waals surface area contributed by atoms with E-state index in [4.69, 9.17) is 39.5 Å². The van der Waals surface area contributed by atoms with E-state index in [0.717, 1.165) is 4.90 Å². The average molecular weight is 492 g/mol. The van der Waals surface area contributed by atoms with E-state index < -0.39 is 17.8 Å². The van der Waals surface area contributed by atoms with Crippen LogP contribution in [0.5, 0.6) is 5.75 Å². The van der Waals surface area contributed by atoms with Crippen molar-refractivity contribution < 1.29 is 18.7 Å². The Balaban J connectivity index is 1.56. The number of halogens is 4. The van der Waals surface area contributed by atoms with Crippen LogP contribution in [0.15, 0.2) is 66.4 Å². The van der Waals surface area contributed by atoms with Crippen molar-refractivity contribution in [1.82, 2.24) is 5.32 Å². The number of rotatable bonds is 5. The molecule has 4 rings (SSSR count). The number of carbonyl (C=O) groups excluding carboxylic acids is 2. The van der Waals surface area contributed by atoms with Gasteiger partial charge in [0, 0.05) is 10.6 Å². The van der Waals surface area contributed by atoms with Gasteiger partial charge in [-0.05, 0) is 48.0 Å². The van der Waals surface area contributed by atoms with Gasteiger partial charge in [0.25, 0.3) is 5.91 Å². The Morgan fingerprint density at radius 1 is 0.969 bits per heavy atom. The van der Waals surface area contributed by atoms with Crippen molar-refractivity contribution in [1.29, 1.82) is 0 Å². The Kier molecular flexibility index (Phi) is 6.37. The monoisotopic (exact) mass is 490 g/mol. The number of imide groups is 1. The molecular weight excluding hydrogens is 478 g/mol. The molecule has 0 aromatic heterocycles.